The molecular weight excluding hydrogens is 311 g/mol. The first-order valence-corrected chi connectivity index (χ1v) is 5.50. The van der Waals surface area contributed by atoms with Crippen LogP contribution in [0.3, 0.4) is 0 Å². The van der Waals surface area contributed by atoms with E-state index in [2.05, 4.69) is 0 Å². The Balaban J connectivity index is 2.81. The Morgan fingerprint density at radius 2 is 2.27 bits per heavy atom. The van der Waals surface area contributed by atoms with Crippen LogP contribution in [0.2, 0.25) is 0 Å². The summed E-state index contributed by atoms with van der Waals surface area (Å²) in [6.45, 7) is 0.913. The molecule has 5 nitrogen and oxygen atoms in total. The fourth-order valence-corrected chi connectivity index (χ4v) is 1.50. The molecule has 0 atom stereocenters. The Morgan fingerprint density at radius 1 is 1.53 bits per heavy atom. The summed E-state index contributed by atoms with van der Waals surface area (Å²) < 4.78 is 6.08. The number of halogens is 1. The average Bonchev–Trinajstić information content (AvgIpc) is 2.20. The van der Waals surface area contributed by atoms with Crippen LogP contribution in [0.1, 0.15) is 6.42 Å². The molecule has 0 unspecified atom stereocenters. The van der Waals surface area contributed by atoms with Crippen molar-refractivity contribution in [2.45, 2.75) is 6.42 Å². The maximum atomic E-state index is 10.7. The third-order valence-electron chi connectivity index (χ3n) is 1.72. The minimum absolute atomic E-state index is 0.000999. The SMILES string of the molecule is NCCCOc1ccc(I)cc1[N+](=O)[O-]. The second-order valence-corrected chi connectivity index (χ2v) is 4.11. The second-order valence-electron chi connectivity index (χ2n) is 2.86. The zero-order valence-corrected chi connectivity index (χ0v) is 10.1. The van der Waals surface area contributed by atoms with Crippen LogP contribution < -0.4 is 10.5 Å². The highest BCUT2D eigenvalue weighted by atomic mass is 127. The van der Waals surface area contributed by atoms with Crippen LogP contribution in [0.25, 0.3) is 0 Å². The number of hydrogen-bond acceptors (Lipinski definition) is 4. The van der Waals surface area contributed by atoms with E-state index in [0.29, 0.717) is 25.3 Å². The van der Waals surface area contributed by atoms with E-state index in [1.165, 1.54) is 6.07 Å². The van der Waals surface area contributed by atoms with Crippen molar-refractivity contribution in [2.24, 2.45) is 5.73 Å². The predicted molar refractivity (Wildman–Crippen MR) is 65.0 cm³/mol. The van der Waals surface area contributed by atoms with Gasteiger partial charge in [-0.25, -0.2) is 0 Å². The van der Waals surface area contributed by atoms with E-state index in [1.807, 2.05) is 22.6 Å². The molecule has 6 heteroatoms. The van der Waals surface area contributed by atoms with Crippen molar-refractivity contribution in [3.63, 3.8) is 0 Å². The summed E-state index contributed by atoms with van der Waals surface area (Å²) in [5.41, 5.74) is 5.30. The van der Waals surface area contributed by atoms with Gasteiger partial charge in [0.1, 0.15) is 0 Å². The van der Waals surface area contributed by atoms with Crippen LogP contribution in [-0.2, 0) is 0 Å². The molecule has 0 saturated heterocycles. The Bertz CT molecular complexity index is 357. The Morgan fingerprint density at radius 3 is 2.87 bits per heavy atom. The van der Waals surface area contributed by atoms with Gasteiger partial charge in [-0.05, 0) is 47.7 Å². The normalized spacial score (nSPS) is 10.0. The molecule has 82 valence electrons. The highest BCUT2D eigenvalue weighted by molar-refractivity contribution is 14.1. The number of benzene rings is 1. The first kappa shape index (κ1) is 12.2. The number of hydrogen-bond donors (Lipinski definition) is 1. The average molecular weight is 322 g/mol. The number of nitro benzene ring substituents is 1. The molecule has 0 aliphatic carbocycles. The minimum Gasteiger partial charge on any atom is -0.487 e. The number of nitrogens with two attached hydrogens (primary N) is 1. The Kier molecular flexibility index (Phi) is 4.76. The van der Waals surface area contributed by atoms with Crippen molar-refractivity contribution in [3.05, 3.63) is 31.9 Å². The van der Waals surface area contributed by atoms with Gasteiger partial charge in [-0.15, -0.1) is 0 Å². The molecule has 0 spiro atoms. The molecule has 0 amide bonds. The molecule has 1 aromatic rings. The van der Waals surface area contributed by atoms with E-state index in [0.717, 1.165) is 3.57 Å². The van der Waals surface area contributed by atoms with Gasteiger partial charge in [0.2, 0.25) is 0 Å². The Hall–Kier alpha value is -0.890. The summed E-state index contributed by atoms with van der Waals surface area (Å²) in [5, 5.41) is 10.7. The summed E-state index contributed by atoms with van der Waals surface area (Å²) in [4.78, 5) is 10.3. The Labute approximate surface area is 101 Å². The van der Waals surface area contributed by atoms with Gasteiger partial charge in [-0.3, -0.25) is 10.1 Å². The lowest BCUT2D eigenvalue weighted by Crippen LogP contribution is -2.07. The predicted octanol–water partition coefficient (Wildman–Crippen LogP) is 1.93. The summed E-state index contributed by atoms with van der Waals surface area (Å²) in [6, 6.07) is 4.86. The van der Waals surface area contributed by atoms with Crippen LogP contribution in [0.15, 0.2) is 18.2 Å². The van der Waals surface area contributed by atoms with Gasteiger partial charge < -0.3 is 10.5 Å². The van der Waals surface area contributed by atoms with Crippen molar-refractivity contribution in [3.8, 4) is 5.75 Å². The molecule has 0 aromatic heterocycles. The van der Waals surface area contributed by atoms with Crippen molar-refractivity contribution in [1.82, 2.24) is 0 Å². The highest BCUT2D eigenvalue weighted by Crippen LogP contribution is 2.28. The van der Waals surface area contributed by atoms with Crippen molar-refractivity contribution in [2.75, 3.05) is 13.2 Å². The van der Waals surface area contributed by atoms with Gasteiger partial charge in [0.25, 0.3) is 0 Å². The van der Waals surface area contributed by atoms with E-state index in [-0.39, 0.29) is 5.69 Å². The lowest BCUT2D eigenvalue weighted by atomic mass is 10.3. The van der Waals surface area contributed by atoms with E-state index >= 15 is 0 Å². The monoisotopic (exact) mass is 322 g/mol. The maximum Gasteiger partial charge on any atom is 0.311 e. The van der Waals surface area contributed by atoms with Crippen molar-refractivity contribution < 1.29 is 9.66 Å². The van der Waals surface area contributed by atoms with Gasteiger partial charge in [0.15, 0.2) is 5.75 Å². The molecule has 0 saturated carbocycles. The van der Waals surface area contributed by atoms with Crippen LogP contribution in [0, 0.1) is 13.7 Å². The third kappa shape index (κ3) is 3.63. The number of rotatable bonds is 5. The van der Waals surface area contributed by atoms with E-state index in [4.69, 9.17) is 10.5 Å². The summed E-state index contributed by atoms with van der Waals surface area (Å²) in [7, 11) is 0. The summed E-state index contributed by atoms with van der Waals surface area (Å²) in [5.74, 6) is 0.300. The van der Waals surface area contributed by atoms with Gasteiger partial charge in [-0.2, -0.15) is 0 Å². The molecule has 1 aromatic carbocycles. The molecule has 0 aliphatic rings. The first-order valence-electron chi connectivity index (χ1n) is 4.42. The zero-order valence-electron chi connectivity index (χ0n) is 7.98. The number of nitrogens with zero attached hydrogens (tertiary/aromatic N) is 1. The lowest BCUT2D eigenvalue weighted by molar-refractivity contribution is -0.386. The standard InChI is InChI=1S/C9H11IN2O3/c10-7-2-3-9(15-5-1-4-11)8(6-7)12(13)14/h2-3,6H,1,4-5,11H2. The highest BCUT2D eigenvalue weighted by Gasteiger charge is 2.14. The summed E-state index contributed by atoms with van der Waals surface area (Å²) >= 11 is 2.02. The smallest absolute Gasteiger partial charge is 0.311 e. The quantitative estimate of drug-likeness (QED) is 0.389. The minimum atomic E-state index is -0.445. The molecule has 2 N–H and O–H groups in total. The van der Waals surface area contributed by atoms with Crippen molar-refractivity contribution in [1.29, 1.82) is 0 Å². The van der Waals surface area contributed by atoms with Crippen LogP contribution in [0.4, 0.5) is 5.69 Å². The zero-order chi connectivity index (χ0) is 11.3. The van der Waals surface area contributed by atoms with Gasteiger partial charge in [-0.1, -0.05) is 0 Å². The topological polar surface area (TPSA) is 78.4 Å². The fraction of sp³-hybridized carbons (Fsp3) is 0.333. The fourth-order valence-electron chi connectivity index (χ4n) is 1.02. The molecule has 0 radical (unpaired) electrons. The molecule has 0 fully saturated rings. The van der Waals surface area contributed by atoms with Gasteiger partial charge in [0, 0.05) is 9.64 Å². The van der Waals surface area contributed by atoms with Crippen LogP contribution in [-0.4, -0.2) is 18.1 Å². The lowest BCUT2D eigenvalue weighted by Gasteiger charge is -2.05. The first-order chi connectivity index (χ1) is 7.15. The number of nitro groups is 1. The van der Waals surface area contributed by atoms with E-state index in [9.17, 15) is 10.1 Å². The maximum absolute atomic E-state index is 10.7. The molecule has 0 bridgehead atoms. The van der Waals surface area contributed by atoms with E-state index < -0.39 is 4.92 Å². The number of ether oxygens (including phenoxy) is 1. The van der Waals surface area contributed by atoms with Crippen LogP contribution in [0.5, 0.6) is 5.75 Å². The van der Waals surface area contributed by atoms with Gasteiger partial charge >= 0.3 is 5.69 Å². The van der Waals surface area contributed by atoms with Crippen LogP contribution >= 0.6 is 22.6 Å². The molecule has 15 heavy (non-hydrogen) atoms. The molecule has 0 heterocycles. The summed E-state index contributed by atoms with van der Waals surface area (Å²) in [6.07, 6.45) is 0.684. The molecular formula is C9H11IN2O3. The second kappa shape index (κ2) is 5.86. The van der Waals surface area contributed by atoms with Crippen molar-refractivity contribution >= 4 is 28.3 Å². The van der Waals surface area contributed by atoms with Gasteiger partial charge in [0.05, 0.1) is 11.5 Å². The third-order valence-corrected chi connectivity index (χ3v) is 2.39. The van der Waals surface area contributed by atoms with E-state index in [1.54, 1.807) is 12.1 Å². The largest absolute Gasteiger partial charge is 0.487 e. The molecule has 0 aliphatic heterocycles. The molecule has 1 rings (SSSR count).